The summed E-state index contributed by atoms with van der Waals surface area (Å²) in [6.45, 7) is 6.32. The summed E-state index contributed by atoms with van der Waals surface area (Å²) < 4.78 is 0. The summed E-state index contributed by atoms with van der Waals surface area (Å²) >= 11 is 0. The van der Waals surface area contributed by atoms with E-state index >= 15 is 0 Å². The number of fused-ring (bicyclic) bond motifs is 1. The van der Waals surface area contributed by atoms with Gasteiger partial charge in [-0.2, -0.15) is 0 Å². The van der Waals surface area contributed by atoms with E-state index in [0.29, 0.717) is 18.5 Å². The monoisotopic (exact) mass is 283 g/mol. The molecule has 3 heteroatoms. The van der Waals surface area contributed by atoms with Gasteiger partial charge in [0, 0.05) is 36.8 Å². The summed E-state index contributed by atoms with van der Waals surface area (Å²) in [7, 11) is 0. The van der Waals surface area contributed by atoms with E-state index in [1.54, 1.807) is 0 Å². The molecular weight excluding hydrogens is 258 g/mol. The molecule has 0 aliphatic heterocycles. The molecule has 1 saturated carbocycles. The Morgan fingerprint density at radius 1 is 1.24 bits per heavy atom. The molecule has 0 saturated heterocycles. The predicted octanol–water partition coefficient (Wildman–Crippen LogP) is 3.36. The zero-order chi connectivity index (χ0) is 14.8. The Hall–Kier alpha value is -1.45. The smallest absolute Gasteiger partial charge is 0.0750 e. The fourth-order valence-electron chi connectivity index (χ4n) is 3.20. The van der Waals surface area contributed by atoms with Crippen molar-refractivity contribution in [1.82, 2.24) is 9.88 Å². The van der Waals surface area contributed by atoms with E-state index in [4.69, 9.17) is 5.73 Å². The molecule has 1 fully saturated rings. The van der Waals surface area contributed by atoms with Gasteiger partial charge in [0.05, 0.1) is 5.52 Å². The van der Waals surface area contributed by atoms with Crippen LogP contribution in [0, 0.1) is 5.92 Å². The summed E-state index contributed by atoms with van der Waals surface area (Å²) in [5.74, 6) is 0.655. The van der Waals surface area contributed by atoms with Crippen molar-refractivity contribution in [2.75, 3.05) is 13.1 Å². The van der Waals surface area contributed by atoms with Gasteiger partial charge < -0.3 is 5.73 Å². The average molecular weight is 283 g/mol. The Kier molecular flexibility index (Phi) is 4.22. The number of para-hydroxylation sites is 1. The van der Waals surface area contributed by atoms with Crippen LogP contribution in [0.15, 0.2) is 36.5 Å². The van der Waals surface area contributed by atoms with Crippen molar-refractivity contribution >= 4 is 10.9 Å². The molecule has 21 heavy (non-hydrogen) atoms. The summed E-state index contributed by atoms with van der Waals surface area (Å²) in [6.07, 6.45) is 4.49. The van der Waals surface area contributed by atoms with Crippen LogP contribution in [0.5, 0.6) is 0 Å². The van der Waals surface area contributed by atoms with Crippen molar-refractivity contribution in [1.29, 1.82) is 0 Å². The molecule has 112 valence electrons. The topological polar surface area (TPSA) is 42.1 Å². The molecule has 0 radical (unpaired) electrons. The standard InChI is InChI=1S/C18H25N3/c1-13(2)12-21(15-8-9-15)17(11-19)16-7-3-5-14-6-4-10-20-18(14)16/h3-7,10,13,15,17H,8-9,11-12,19H2,1-2H3. The van der Waals surface area contributed by atoms with Gasteiger partial charge in [-0.15, -0.1) is 0 Å². The van der Waals surface area contributed by atoms with Gasteiger partial charge in [-0.3, -0.25) is 9.88 Å². The number of nitrogens with two attached hydrogens (primary N) is 1. The maximum atomic E-state index is 6.17. The van der Waals surface area contributed by atoms with Gasteiger partial charge in [-0.25, -0.2) is 0 Å². The first-order valence-corrected chi connectivity index (χ1v) is 8.00. The lowest BCUT2D eigenvalue weighted by Crippen LogP contribution is -2.38. The minimum absolute atomic E-state index is 0.276. The fraction of sp³-hybridized carbons (Fsp3) is 0.500. The van der Waals surface area contributed by atoms with Crippen molar-refractivity contribution in [3.8, 4) is 0 Å². The summed E-state index contributed by atoms with van der Waals surface area (Å²) in [5.41, 5.74) is 8.55. The molecular formula is C18H25N3. The van der Waals surface area contributed by atoms with Crippen molar-refractivity contribution in [2.24, 2.45) is 11.7 Å². The highest BCUT2D eigenvalue weighted by Gasteiger charge is 2.34. The van der Waals surface area contributed by atoms with Crippen molar-refractivity contribution in [3.05, 3.63) is 42.1 Å². The van der Waals surface area contributed by atoms with Gasteiger partial charge in [0.25, 0.3) is 0 Å². The number of aromatic nitrogens is 1. The molecule has 2 N–H and O–H groups in total. The Morgan fingerprint density at radius 3 is 2.67 bits per heavy atom. The van der Waals surface area contributed by atoms with E-state index < -0.39 is 0 Å². The molecule has 0 spiro atoms. The molecule has 0 bridgehead atoms. The van der Waals surface area contributed by atoms with Gasteiger partial charge in [-0.1, -0.05) is 38.1 Å². The first-order valence-electron chi connectivity index (χ1n) is 8.00. The molecule has 2 aromatic rings. The second-order valence-electron chi connectivity index (χ2n) is 6.50. The van der Waals surface area contributed by atoms with E-state index in [9.17, 15) is 0 Å². The van der Waals surface area contributed by atoms with Crippen LogP contribution in [0.25, 0.3) is 10.9 Å². The Labute approximate surface area is 127 Å². The Balaban J connectivity index is 2.00. The molecule has 0 amide bonds. The highest BCUT2D eigenvalue weighted by molar-refractivity contribution is 5.82. The van der Waals surface area contributed by atoms with Crippen LogP contribution in [0.4, 0.5) is 0 Å². The minimum atomic E-state index is 0.276. The minimum Gasteiger partial charge on any atom is -0.329 e. The quantitative estimate of drug-likeness (QED) is 0.884. The number of nitrogens with zero attached hydrogens (tertiary/aromatic N) is 2. The largest absolute Gasteiger partial charge is 0.329 e. The predicted molar refractivity (Wildman–Crippen MR) is 88.1 cm³/mol. The third-order valence-corrected chi connectivity index (χ3v) is 4.24. The maximum absolute atomic E-state index is 6.17. The molecule has 1 heterocycles. The van der Waals surface area contributed by atoms with Crippen LogP contribution in [0.3, 0.4) is 0 Å². The van der Waals surface area contributed by atoms with Gasteiger partial charge in [0.2, 0.25) is 0 Å². The molecule has 1 aliphatic rings. The van der Waals surface area contributed by atoms with E-state index in [2.05, 4.69) is 48.0 Å². The lowest BCUT2D eigenvalue weighted by molar-refractivity contribution is 0.170. The number of hydrogen-bond donors (Lipinski definition) is 1. The SMILES string of the molecule is CC(C)CN(C1CC1)C(CN)c1cccc2cccnc12. The van der Waals surface area contributed by atoms with Crippen LogP contribution in [-0.2, 0) is 0 Å². The third-order valence-electron chi connectivity index (χ3n) is 4.24. The zero-order valence-corrected chi connectivity index (χ0v) is 13.0. The summed E-state index contributed by atoms with van der Waals surface area (Å²) in [4.78, 5) is 7.21. The van der Waals surface area contributed by atoms with Gasteiger partial charge in [-0.05, 0) is 30.4 Å². The molecule has 1 aromatic carbocycles. The first kappa shape index (κ1) is 14.5. The molecule has 1 aliphatic carbocycles. The average Bonchev–Trinajstić information content (AvgIpc) is 3.31. The molecule has 1 aromatic heterocycles. The Morgan fingerprint density at radius 2 is 2.00 bits per heavy atom. The number of benzene rings is 1. The van der Waals surface area contributed by atoms with Crippen LogP contribution < -0.4 is 5.73 Å². The summed E-state index contributed by atoms with van der Waals surface area (Å²) in [5, 5.41) is 1.20. The van der Waals surface area contributed by atoms with E-state index in [-0.39, 0.29) is 6.04 Å². The number of hydrogen-bond acceptors (Lipinski definition) is 3. The fourth-order valence-corrected chi connectivity index (χ4v) is 3.20. The van der Waals surface area contributed by atoms with Crippen LogP contribution >= 0.6 is 0 Å². The second kappa shape index (κ2) is 6.12. The van der Waals surface area contributed by atoms with E-state index in [0.717, 1.165) is 12.1 Å². The third kappa shape index (κ3) is 3.09. The van der Waals surface area contributed by atoms with Crippen LogP contribution in [-0.4, -0.2) is 29.0 Å². The lowest BCUT2D eigenvalue weighted by Gasteiger charge is -2.33. The highest BCUT2D eigenvalue weighted by Crippen LogP contribution is 2.36. The maximum Gasteiger partial charge on any atom is 0.0750 e. The van der Waals surface area contributed by atoms with Gasteiger partial charge >= 0.3 is 0 Å². The molecule has 1 unspecified atom stereocenters. The van der Waals surface area contributed by atoms with Crippen LogP contribution in [0.1, 0.15) is 38.3 Å². The van der Waals surface area contributed by atoms with E-state index in [1.165, 1.54) is 23.8 Å². The first-order chi connectivity index (χ1) is 10.2. The van der Waals surface area contributed by atoms with Crippen molar-refractivity contribution in [2.45, 2.75) is 38.8 Å². The normalized spacial score (nSPS) is 16.8. The Bertz CT molecular complexity index is 599. The number of pyridine rings is 1. The van der Waals surface area contributed by atoms with Gasteiger partial charge in [0.1, 0.15) is 0 Å². The highest BCUT2D eigenvalue weighted by atomic mass is 15.2. The van der Waals surface area contributed by atoms with Crippen LogP contribution in [0.2, 0.25) is 0 Å². The molecule has 3 rings (SSSR count). The summed E-state index contributed by atoms with van der Waals surface area (Å²) in [6, 6.07) is 11.6. The second-order valence-corrected chi connectivity index (χ2v) is 6.50. The lowest BCUT2D eigenvalue weighted by atomic mass is 10.00. The van der Waals surface area contributed by atoms with E-state index in [1.807, 2.05) is 12.3 Å². The van der Waals surface area contributed by atoms with Crippen molar-refractivity contribution in [3.63, 3.8) is 0 Å². The molecule has 3 nitrogen and oxygen atoms in total. The van der Waals surface area contributed by atoms with Crippen molar-refractivity contribution < 1.29 is 0 Å². The number of rotatable bonds is 6. The zero-order valence-electron chi connectivity index (χ0n) is 13.0. The van der Waals surface area contributed by atoms with Gasteiger partial charge in [0.15, 0.2) is 0 Å². The molecule has 1 atom stereocenters.